The molecule has 0 amide bonds. The number of hydrogen-bond donors (Lipinski definition) is 1. The van der Waals surface area contributed by atoms with E-state index in [1.165, 1.54) is 6.07 Å². The topological polar surface area (TPSA) is 55.2 Å². The van der Waals surface area contributed by atoms with E-state index in [-0.39, 0.29) is 10.6 Å². The minimum atomic E-state index is -0.359. The minimum absolute atomic E-state index is 0.121. The lowest BCUT2D eigenvalue weighted by Crippen LogP contribution is -1.94. The molecule has 0 fully saturated rings. The monoisotopic (exact) mass is 228 g/mol. The van der Waals surface area contributed by atoms with Crippen molar-refractivity contribution in [2.45, 2.75) is 0 Å². The summed E-state index contributed by atoms with van der Waals surface area (Å²) in [6.45, 7) is 0. The molecule has 0 saturated carbocycles. The second-order valence-electron chi connectivity index (χ2n) is 3.61. The first-order chi connectivity index (χ1) is 8.22. The number of nitrogens with zero attached hydrogens (tertiary/aromatic N) is 1. The Labute approximate surface area is 99.1 Å². The van der Waals surface area contributed by atoms with E-state index < -0.39 is 0 Å². The predicted molar refractivity (Wildman–Crippen MR) is 68.1 cm³/mol. The second-order valence-corrected chi connectivity index (χ2v) is 3.61. The fraction of sp³-hybridized carbons (Fsp3) is 0.0769. The lowest BCUT2D eigenvalue weighted by molar-refractivity contribution is -0.384. The van der Waals surface area contributed by atoms with Gasteiger partial charge in [0.05, 0.1) is 10.5 Å². The Balaban J connectivity index is 2.61. The molecule has 0 heterocycles. The zero-order valence-electron chi connectivity index (χ0n) is 9.38. The molecule has 0 unspecified atom stereocenters. The Kier molecular flexibility index (Phi) is 3.05. The third-order valence-corrected chi connectivity index (χ3v) is 2.57. The van der Waals surface area contributed by atoms with Gasteiger partial charge in [-0.3, -0.25) is 10.1 Å². The molecular formula is C13H12N2O2. The number of nitrogens with one attached hydrogen (secondary N) is 1. The van der Waals surface area contributed by atoms with Gasteiger partial charge >= 0.3 is 0 Å². The Morgan fingerprint density at radius 2 is 1.82 bits per heavy atom. The van der Waals surface area contributed by atoms with E-state index in [9.17, 15) is 10.1 Å². The van der Waals surface area contributed by atoms with Gasteiger partial charge in [0, 0.05) is 18.8 Å². The van der Waals surface area contributed by atoms with E-state index in [4.69, 9.17) is 0 Å². The molecule has 2 aromatic carbocycles. The minimum Gasteiger partial charge on any atom is -0.388 e. The van der Waals surface area contributed by atoms with E-state index >= 15 is 0 Å². The van der Waals surface area contributed by atoms with Crippen molar-refractivity contribution >= 4 is 11.4 Å². The zero-order chi connectivity index (χ0) is 12.3. The molecule has 0 atom stereocenters. The van der Waals surface area contributed by atoms with Crippen LogP contribution < -0.4 is 5.32 Å². The van der Waals surface area contributed by atoms with Crippen LogP contribution in [0.2, 0.25) is 0 Å². The van der Waals surface area contributed by atoms with Gasteiger partial charge in [-0.05, 0) is 17.7 Å². The highest BCUT2D eigenvalue weighted by atomic mass is 16.6. The van der Waals surface area contributed by atoms with Crippen LogP contribution in [0.4, 0.5) is 11.4 Å². The molecule has 0 aromatic heterocycles. The van der Waals surface area contributed by atoms with Crippen LogP contribution in [0, 0.1) is 10.1 Å². The van der Waals surface area contributed by atoms with E-state index in [2.05, 4.69) is 5.32 Å². The summed E-state index contributed by atoms with van der Waals surface area (Å²) >= 11 is 0. The average Bonchev–Trinajstić information content (AvgIpc) is 2.39. The van der Waals surface area contributed by atoms with Gasteiger partial charge in [0.15, 0.2) is 0 Å². The van der Waals surface area contributed by atoms with Crippen LogP contribution in [0.1, 0.15) is 0 Å². The smallest absolute Gasteiger partial charge is 0.277 e. The number of hydrogen-bond acceptors (Lipinski definition) is 3. The Hall–Kier alpha value is -2.36. The summed E-state index contributed by atoms with van der Waals surface area (Å²) < 4.78 is 0. The Morgan fingerprint density at radius 1 is 1.12 bits per heavy atom. The predicted octanol–water partition coefficient (Wildman–Crippen LogP) is 3.30. The van der Waals surface area contributed by atoms with Crippen LogP contribution in [-0.4, -0.2) is 12.0 Å². The number of nitro groups is 1. The van der Waals surface area contributed by atoms with Crippen molar-refractivity contribution < 1.29 is 4.92 Å². The highest BCUT2D eigenvalue weighted by molar-refractivity contribution is 5.77. The van der Waals surface area contributed by atoms with Crippen molar-refractivity contribution in [3.63, 3.8) is 0 Å². The molecule has 0 aliphatic carbocycles. The van der Waals surface area contributed by atoms with E-state index in [0.29, 0.717) is 5.56 Å². The maximum Gasteiger partial charge on any atom is 0.277 e. The lowest BCUT2D eigenvalue weighted by Gasteiger charge is -2.06. The molecule has 4 nitrogen and oxygen atoms in total. The molecule has 17 heavy (non-hydrogen) atoms. The summed E-state index contributed by atoms with van der Waals surface area (Å²) in [6, 6.07) is 14.4. The normalized spacial score (nSPS) is 9.94. The molecule has 0 saturated heterocycles. The van der Waals surface area contributed by atoms with Crippen LogP contribution >= 0.6 is 0 Å². The SMILES string of the molecule is CNc1ccc([N+](=O)[O-])c(-c2ccccc2)c1. The van der Waals surface area contributed by atoms with E-state index in [0.717, 1.165) is 11.3 Å². The van der Waals surface area contributed by atoms with Gasteiger partial charge in [0.1, 0.15) is 0 Å². The molecule has 2 rings (SSSR count). The standard InChI is InChI=1S/C13H12N2O2/c1-14-11-7-8-13(15(16)17)12(9-11)10-5-3-2-4-6-10/h2-9,14H,1H3. The first kappa shape index (κ1) is 11.1. The van der Waals surface area contributed by atoms with Crippen molar-refractivity contribution in [1.82, 2.24) is 0 Å². The molecule has 0 radical (unpaired) electrons. The van der Waals surface area contributed by atoms with Crippen molar-refractivity contribution in [3.8, 4) is 11.1 Å². The van der Waals surface area contributed by atoms with Gasteiger partial charge < -0.3 is 5.32 Å². The van der Waals surface area contributed by atoms with Crippen LogP contribution in [0.5, 0.6) is 0 Å². The van der Waals surface area contributed by atoms with E-state index in [1.807, 2.05) is 30.3 Å². The number of nitro benzene ring substituents is 1. The highest BCUT2D eigenvalue weighted by Crippen LogP contribution is 2.31. The van der Waals surface area contributed by atoms with E-state index in [1.54, 1.807) is 19.2 Å². The number of rotatable bonds is 3. The molecule has 0 aliphatic rings. The highest BCUT2D eigenvalue weighted by Gasteiger charge is 2.15. The lowest BCUT2D eigenvalue weighted by atomic mass is 10.0. The van der Waals surface area contributed by atoms with Crippen molar-refractivity contribution in [3.05, 3.63) is 58.6 Å². The van der Waals surface area contributed by atoms with Gasteiger partial charge in [0.2, 0.25) is 0 Å². The van der Waals surface area contributed by atoms with Crippen LogP contribution in [-0.2, 0) is 0 Å². The fourth-order valence-corrected chi connectivity index (χ4v) is 1.70. The first-order valence-corrected chi connectivity index (χ1v) is 5.24. The summed E-state index contributed by atoms with van der Waals surface area (Å²) in [4.78, 5) is 10.6. The first-order valence-electron chi connectivity index (χ1n) is 5.24. The Morgan fingerprint density at radius 3 is 2.41 bits per heavy atom. The van der Waals surface area contributed by atoms with Gasteiger partial charge in [-0.15, -0.1) is 0 Å². The van der Waals surface area contributed by atoms with Gasteiger partial charge in [-0.2, -0.15) is 0 Å². The molecule has 4 heteroatoms. The largest absolute Gasteiger partial charge is 0.388 e. The van der Waals surface area contributed by atoms with Crippen LogP contribution in [0.3, 0.4) is 0 Å². The number of anilines is 1. The average molecular weight is 228 g/mol. The van der Waals surface area contributed by atoms with Crippen molar-refractivity contribution in [1.29, 1.82) is 0 Å². The quantitative estimate of drug-likeness (QED) is 0.647. The summed E-state index contributed by atoms with van der Waals surface area (Å²) in [7, 11) is 1.79. The molecule has 0 aliphatic heterocycles. The zero-order valence-corrected chi connectivity index (χ0v) is 9.38. The Bertz CT molecular complexity index is 538. The maximum atomic E-state index is 11.0. The molecule has 2 aromatic rings. The maximum absolute atomic E-state index is 11.0. The van der Waals surface area contributed by atoms with Gasteiger partial charge in [-0.25, -0.2) is 0 Å². The molecular weight excluding hydrogens is 216 g/mol. The molecule has 86 valence electrons. The summed E-state index contributed by atoms with van der Waals surface area (Å²) in [5.41, 5.74) is 2.45. The fourth-order valence-electron chi connectivity index (χ4n) is 1.70. The molecule has 1 N–H and O–H groups in total. The summed E-state index contributed by atoms with van der Waals surface area (Å²) in [6.07, 6.45) is 0. The number of benzene rings is 2. The third-order valence-electron chi connectivity index (χ3n) is 2.57. The van der Waals surface area contributed by atoms with Crippen molar-refractivity contribution in [2.24, 2.45) is 0 Å². The summed E-state index contributed by atoms with van der Waals surface area (Å²) in [5, 5.41) is 14.0. The molecule has 0 spiro atoms. The van der Waals surface area contributed by atoms with Crippen LogP contribution in [0.25, 0.3) is 11.1 Å². The third kappa shape index (κ3) is 2.25. The van der Waals surface area contributed by atoms with Crippen LogP contribution in [0.15, 0.2) is 48.5 Å². The summed E-state index contributed by atoms with van der Waals surface area (Å²) in [5.74, 6) is 0. The molecule has 0 bridgehead atoms. The second kappa shape index (κ2) is 4.65. The van der Waals surface area contributed by atoms with Gasteiger partial charge in [-0.1, -0.05) is 30.3 Å². The van der Waals surface area contributed by atoms with Gasteiger partial charge in [0.25, 0.3) is 5.69 Å². The van der Waals surface area contributed by atoms with Crippen molar-refractivity contribution in [2.75, 3.05) is 12.4 Å².